The minimum atomic E-state index is -0.387. The molecule has 7 heteroatoms. The van der Waals surface area contributed by atoms with Crippen LogP contribution in [0.1, 0.15) is 56.1 Å². The summed E-state index contributed by atoms with van der Waals surface area (Å²) in [4.78, 5) is 34.5. The van der Waals surface area contributed by atoms with E-state index in [-0.39, 0.29) is 42.6 Å². The van der Waals surface area contributed by atoms with Crippen molar-refractivity contribution in [3.8, 4) is 11.3 Å². The van der Waals surface area contributed by atoms with E-state index in [2.05, 4.69) is 15.3 Å². The summed E-state index contributed by atoms with van der Waals surface area (Å²) in [5.74, 6) is -0.0237. The molecule has 0 spiro atoms. The second-order valence-electron chi connectivity index (χ2n) is 8.11. The largest absolute Gasteiger partial charge is 0.346 e. The summed E-state index contributed by atoms with van der Waals surface area (Å²) < 4.78 is 14.0. The Morgan fingerprint density at radius 2 is 1.91 bits per heavy atom. The Labute approximate surface area is 186 Å². The van der Waals surface area contributed by atoms with E-state index in [0.717, 1.165) is 24.9 Å². The van der Waals surface area contributed by atoms with Crippen LogP contribution in [0.4, 0.5) is 4.39 Å². The third-order valence-electron chi connectivity index (χ3n) is 5.87. The van der Waals surface area contributed by atoms with Crippen LogP contribution in [0.2, 0.25) is 0 Å². The van der Waals surface area contributed by atoms with Gasteiger partial charge in [0, 0.05) is 24.9 Å². The summed E-state index contributed by atoms with van der Waals surface area (Å²) in [7, 11) is 0. The lowest BCUT2D eigenvalue weighted by atomic mass is 10.0. The average Bonchev–Trinajstić information content (AvgIpc) is 3.49. The third kappa shape index (κ3) is 4.88. The van der Waals surface area contributed by atoms with Gasteiger partial charge >= 0.3 is 0 Å². The number of benzene rings is 2. The number of H-pyrrole nitrogens is 1. The lowest BCUT2D eigenvalue weighted by molar-refractivity contribution is -0.134. The molecular formula is C25H27FN4O2. The number of carbonyl (C=O) groups excluding carboxylic acids is 2. The summed E-state index contributed by atoms with van der Waals surface area (Å²) in [5.41, 5.74) is 2.12. The van der Waals surface area contributed by atoms with Gasteiger partial charge in [0.15, 0.2) is 0 Å². The van der Waals surface area contributed by atoms with Crippen LogP contribution in [0.3, 0.4) is 0 Å². The first-order chi connectivity index (χ1) is 15.5. The molecule has 2 N–H and O–H groups in total. The fourth-order valence-electron chi connectivity index (χ4n) is 4.21. The second-order valence-corrected chi connectivity index (χ2v) is 8.11. The number of nitrogens with zero attached hydrogens (tertiary/aromatic N) is 2. The van der Waals surface area contributed by atoms with E-state index in [4.69, 9.17) is 0 Å². The van der Waals surface area contributed by atoms with Crippen LogP contribution in [0, 0.1) is 5.82 Å². The van der Waals surface area contributed by atoms with E-state index in [0.29, 0.717) is 17.1 Å². The molecule has 0 radical (unpaired) electrons. The Hall–Kier alpha value is -3.48. The van der Waals surface area contributed by atoms with Gasteiger partial charge in [-0.05, 0) is 37.5 Å². The van der Waals surface area contributed by atoms with Crippen LogP contribution >= 0.6 is 0 Å². The topological polar surface area (TPSA) is 78.1 Å². The van der Waals surface area contributed by atoms with Crippen molar-refractivity contribution in [2.75, 3.05) is 6.54 Å². The Balaban J connectivity index is 1.30. The maximum absolute atomic E-state index is 14.0. The van der Waals surface area contributed by atoms with Gasteiger partial charge in [0.1, 0.15) is 11.6 Å². The molecule has 6 nitrogen and oxygen atoms in total. The van der Waals surface area contributed by atoms with Gasteiger partial charge in [0.25, 0.3) is 0 Å². The molecule has 1 aliphatic rings. The molecule has 1 unspecified atom stereocenters. The second kappa shape index (κ2) is 9.77. The highest BCUT2D eigenvalue weighted by Gasteiger charge is 2.29. The number of carbonyl (C=O) groups is 2. The van der Waals surface area contributed by atoms with Crippen molar-refractivity contribution in [2.45, 2.75) is 44.7 Å². The van der Waals surface area contributed by atoms with Crippen molar-refractivity contribution in [3.05, 3.63) is 78.0 Å². The van der Waals surface area contributed by atoms with E-state index < -0.39 is 0 Å². The Kier molecular flexibility index (Phi) is 6.63. The number of halogens is 1. The van der Waals surface area contributed by atoms with E-state index in [1.165, 1.54) is 6.07 Å². The molecule has 166 valence electrons. The van der Waals surface area contributed by atoms with Crippen molar-refractivity contribution < 1.29 is 14.0 Å². The summed E-state index contributed by atoms with van der Waals surface area (Å²) >= 11 is 0. The van der Waals surface area contributed by atoms with Crippen molar-refractivity contribution in [2.24, 2.45) is 0 Å². The molecule has 0 saturated carbocycles. The van der Waals surface area contributed by atoms with E-state index in [1.807, 2.05) is 35.2 Å². The molecule has 2 aromatic carbocycles. The van der Waals surface area contributed by atoms with E-state index >= 15 is 0 Å². The lowest BCUT2D eigenvalue weighted by Crippen LogP contribution is -2.33. The summed E-state index contributed by atoms with van der Waals surface area (Å²) in [6, 6.07) is 16.2. The molecule has 4 rings (SSSR count). The number of likely N-dealkylation sites (tertiary alicyclic amines) is 1. The fraction of sp³-hybridized carbons (Fsp3) is 0.320. The van der Waals surface area contributed by atoms with Crippen molar-refractivity contribution in [1.82, 2.24) is 20.2 Å². The fourth-order valence-corrected chi connectivity index (χ4v) is 4.21. The van der Waals surface area contributed by atoms with Gasteiger partial charge in [-0.3, -0.25) is 9.59 Å². The molecule has 1 aliphatic heterocycles. The van der Waals surface area contributed by atoms with E-state index in [9.17, 15) is 14.0 Å². The normalized spacial score (nSPS) is 16.7. The summed E-state index contributed by atoms with van der Waals surface area (Å²) in [6.45, 7) is 2.53. The lowest BCUT2D eigenvalue weighted by Gasteiger charge is -2.25. The van der Waals surface area contributed by atoms with Crippen molar-refractivity contribution in [3.63, 3.8) is 0 Å². The number of amides is 2. The molecule has 3 aromatic rings. The van der Waals surface area contributed by atoms with E-state index in [1.54, 1.807) is 31.3 Å². The third-order valence-corrected chi connectivity index (χ3v) is 5.87. The van der Waals surface area contributed by atoms with Gasteiger partial charge < -0.3 is 15.2 Å². The molecule has 1 aromatic heterocycles. The molecule has 1 fully saturated rings. The average molecular weight is 435 g/mol. The number of aromatic nitrogens is 2. The number of hydrogen-bond donors (Lipinski definition) is 2. The van der Waals surface area contributed by atoms with Gasteiger partial charge in [0.2, 0.25) is 11.8 Å². The SMILES string of the molecule is C[C@H](NC(=O)CCC(=O)N1CCCC1c1ccccc1)c1ncc(-c2ccccc2F)[nH]1. The summed E-state index contributed by atoms with van der Waals surface area (Å²) in [5, 5.41) is 2.87. The Bertz CT molecular complexity index is 1080. The Morgan fingerprint density at radius 1 is 1.16 bits per heavy atom. The maximum atomic E-state index is 14.0. The van der Waals surface area contributed by atoms with Crippen molar-refractivity contribution >= 4 is 11.8 Å². The van der Waals surface area contributed by atoms with Gasteiger partial charge in [-0.25, -0.2) is 9.37 Å². The highest BCUT2D eigenvalue weighted by atomic mass is 19.1. The predicted molar refractivity (Wildman–Crippen MR) is 120 cm³/mol. The number of hydrogen-bond acceptors (Lipinski definition) is 3. The monoisotopic (exact) mass is 434 g/mol. The first kappa shape index (κ1) is 21.7. The van der Waals surface area contributed by atoms with Crippen LogP contribution in [0.5, 0.6) is 0 Å². The first-order valence-electron chi connectivity index (χ1n) is 11.0. The minimum absolute atomic E-state index is 0.000932. The molecule has 2 heterocycles. The highest BCUT2D eigenvalue weighted by molar-refractivity contribution is 5.84. The highest BCUT2D eigenvalue weighted by Crippen LogP contribution is 2.32. The maximum Gasteiger partial charge on any atom is 0.223 e. The molecule has 2 atom stereocenters. The van der Waals surface area contributed by atoms with Crippen LogP contribution in [0.25, 0.3) is 11.3 Å². The van der Waals surface area contributed by atoms with Crippen LogP contribution in [-0.2, 0) is 9.59 Å². The first-order valence-corrected chi connectivity index (χ1v) is 11.0. The number of aromatic amines is 1. The molecular weight excluding hydrogens is 407 g/mol. The molecule has 0 aliphatic carbocycles. The molecule has 0 bridgehead atoms. The van der Waals surface area contributed by atoms with Crippen molar-refractivity contribution in [1.29, 1.82) is 0 Å². The number of rotatable bonds is 7. The Morgan fingerprint density at radius 3 is 2.69 bits per heavy atom. The van der Waals surface area contributed by atoms with Gasteiger partial charge in [-0.2, -0.15) is 0 Å². The van der Waals surface area contributed by atoms with Gasteiger partial charge in [-0.15, -0.1) is 0 Å². The number of nitrogens with one attached hydrogen (secondary N) is 2. The van der Waals surface area contributed by atoms with Crippen LogP contribution in [0.15, 0.2) is 60.8 Å². The van der Waals surface area contributed by atoms with Crippen LogP contribution < -0.4 is 5.32 Å². The molecule has 32 heavy (non-hydrogen) atoms. The standard InChI is InChI=1S/C25H27FN4O2/c1-17(25-27-16-21(29-25)19-10-5-6-11-20(19)26)28-23(31)13-14-24(32)30-15-7-12-22(30)18-8-3-2-4-9-18/h2-6,8-11,16-17,22H,7,12-15H2,1H3,(H,27,29)(H,28,31)/t17-,22?/m0/s1. The molecule has 1 saturated heterocycles. The number of imidazole rings is 1. The predicted octanol–water partition coefficient (Wildman–Crippen LogP) is 4.54. The minimum Gasteiger partial charge on any atom is -0.346 e. The quantitative estimate of drug-likeness (QED) is 0.573. The van der Waals surface area contributed by atoms with Gasteiger partial charge in [-0.1, -0.05) is 42.5 Å². The summed E-state index contributed by atoms with van der Waals surface area (Å²) in [6.07, 6.45) is 3.75. The van der Waals surface area contributed by atoms with Gasteiger partial charge in [0.05, 0.1) is 24.0 Å². The van der Waals surface area contributed by atoms with Crippen LogP contribution in [-0.4, -0.2) is 33.2 Å². The zero-order valence-electron chi connectivity index (χ0n) is 18.1. The zero-order chi connectivity index (χ0) is 22.5. The smallest absolute Gasteiger partial charge is 0.223 e. The zero-order valence-corrected chi connectivity index (χ0v) is 18.1. The molecule has 2 amide bonds.